The number of rotatable bonds is 7. The Balaban J connectivity index is 1.40. The number of hydrogen-bond acceptors (Lipinski definition) is 4. The van der Waals surface area contributed by atoms with Gasteiger partial charge in [0.05, 0.1) is 5.69 Å². The summed E-state index contributed by atoms with van der Waals surface area (Å²) in [5.41, 5.74) is 10.6. The number of fused-ring (bicyclic) bond motifs is 1. The number of carbonyl (C=O) groups excluding carboxylic acids is 1. The van der Waals surface area contributed by atoms with Crippen LogP contribution in [0.5, 0.6) is 0 Å². The zero-order valence-corrected chi connectivity index (χ0v) is 17.4. The molecule has 0 radical (unpaired) electrons. The van der Waals surface area contributed by atoms with Crippen molar-refractivity contribution in [2.45, 2.75) is 51.2 Å². The molecule has 3 aromatic rings. The molecule has 1 fully saturated rings. The first-order chi connectivity index (χ1) is 14.7. The fraction of sp³-hybridized carbons (Fsp3) is 0.375. The Labute approximate surface area is 177 Å². The molecule has 0 spiro atoms. The van der Waals surface area contributed by atoms with Crippen LogP contribution in [0.4, 0.5) is 5.69 Å². The van der Waals surface area contributed by atoms with E-state index < -0.39 is 0 Å². The lowest BCUT2D eigenvalue weighted by atomic mass is 9.89. The second kappa shape index (κ2) is 9.22. The average molecular weight is 404 g/mol. The Hall–Kier alpha value is -2.99. The number of nitrogens with one attached hydrogen (secondary N) is 3. The summed E-state index contributed by atoms with van der Waals surface area (Å²) in [6.07, 6.45) is 4.28. The minimum atomic E-state index is 0.0917. The third-order valence-electron chi connectivity index (χ3n) is 6.11. The molecule has 0 bridgehead atoms. The Morgan fingerprint density at radius 3 is 2.73 bits per heavy atom. The fourth-order valence-corrected chi connectivity index (χ4v) is 4.49. The van der Waals surface area contributed by atoms with E-state index in [2.05, 4.69) is 22.3 Å². The molecule has 156 valence electrons. The van der Waals surface area contributed by atoms with E-state index in [0.717, 1.165) is 43.1 Å². The van der Waals surface area contributed by atoms with Gasteiger partial charge in [-0.25, -0.2) is 5.53 Å². The molecule has 30 heavy (non-hydrogen) atoms. The lowest BCUT2D eigenvalue weighted by molar-refractivity contribution is 0.0623. The number of benzene rings is 2. The quantitative estimate of drug-likeness (QED) is 0.462. The van der Waals surface area contributed by atoms with Crippen LogP contribution in [0.1, 0.15) is 48.7 Å². The summed E-state index contributed by atoms with van der Waals surface area (Å²) in [5.74, 6) is 0.0917. The Bertz CT molecular complexity index is 977. The maximum atomic E-state index is 13.2. The Kier molecular flexibility index (Phi) is 6.23. The normalized spacial score (nSPS) is 19.0. The molecule has 1 saturated carbocycles. The number of aromatic nitrogens is 1. The minimum Gasteiger partial charge on any atom is -0.351 e. The molecule has 0 saturated heterocycles. The zero-order valence-electron chi connectivity index (χ0n) is 17.4. The van der Waals surface area contributed by atoms with Gasteiger partial charge in [0, 0.05) is 36.1 Å². The maximum Gasteiger partial charge on any atom is 0.270 e. The van der Waals surface area contributed by atoms with Crippen LogP contribution in [0, 0.1) is 5.53 Å². The van der Waals surface area contributed by atoms with Gasteiger partial charge in [-0.3, -0.25) is 4.79 Å². The lowest BCUT2D eigenvalue weighted by Gasteiger charge is -2.37. The molecule has 1 aliphatic carbocycles. The summed E-state index contributed by atoms with van der Waals surface area (Å²) in [6.45, 7) is 3.57. The van der Waals surface area contributed by atoms with E-state index in [9.17, 15) is 4.79 Å². The van der Waals surface area contributed by atoms with E-state index in [-0.39, 0.29) is 11.9 Å². The molecule has 0 unspecified atom stereocenters. The van der Waals surface area contributed by atoms with Crippen molar-refractivity contribution in [2.24, 2.45) is 5.11 Å². The summed E-state index contributed by atoms with van der Waals surface area (Å²) >= 11 is 0. The highest BCUT2D eigenvalue weighted by molar-refractivity contribution is 5.98. The third-order valence-corrected chi connectivity index (χ3v) is 6.11. The third kappa shape index (κ3) is 4.44. The van der Waals surface area contributed by atoms with Crippen molar-refractivity contribution < 1.29 is 4.79 Å². The van der Waals surface area contributed by atoms with Crippen molar-refractivity contribution in [1.29, 1.82) is 5.53 Å². The molecule has 4 rings (SSSR count). The van der Waals surface area contributed by atoms with Crippen LogP contribution >= 0.6 is 0 Å². The first kappa shape index (κ1) is 20.3. The zero-order chi connectivity index (χ0) is 20.9. The Morgan fingerprint density at radius 1 is 1.20 bits per heavy atom. The number of amides is 1. The van der Waals surface area contributed by atoms with Gasteiger partial charge in [-0.1, -0.05) is 30.3 Å². The van der Waals surface area contributed by atoms with Crippen molar-refractivity contribution in [2.75, 3.05) is 6.54 Å². The number of hydrogen-bond donors (Lipinski definition) is 3. The summed E-state index contributed by atoms with van der Waals surface area (Å²) in [5, 5.41) is 8.18. The summed E-state index contributed by atoms with van der Waals surface area (Å²) in [6, 6.07) is 18.4. The van der Waals surface area contributed by atoms with E-state index >= 15 is 0 Å². The first-order valence-corrected chi connectivity index (χ1v) is 10.8. The number of carbonyl (C=O) groups is 1. The van der Waals surface area contributed by atoms with Crippen molar-refractivity contribution >= 4 is 22.5 Å². The molecule has 6 heteroatoms. The minimum absolute atomic E-state index is 0.0917. The molecule has 3 N–H and O–H groups in total. The summed E-state index contributed by atoms with van der Waals surface area (Å²) in [7, 11) is 0. The van der Waals surface area contributed by atoms with E-state index in [0.29, 0.717) is 24.0 Å². The van der Waals surface area contributed by atoms with Gasteiger partial charge in [-0.15, -0.1) is 0 Å². The fourth-order valence-electron chi connectivity index (χ4n) is 4.49. The number of aromatic amines is 1. The smallest absolute Gasteiger partial charge is 0.270 e. The molecule has 6 nitrogen and oxygen atoms in total. The van der Waals surface area contributed by atoms with Crippen molar-refractivity contribution in [3.05, 3.63) is 65.9 Å². The van der Waals surface area contributed by atoms with Gasteiger partial charge in [-0.2, -0.15) is 5.11 Å². The van der Waals surface area contributed by atoms with Crippen LogP contribution in [-0.2, 0) is 6.54 Å². The van der Waals surface area contributed by atoms with E-state index in [4.69, 9.17) is 5.53 Å². The molecular weight excluding hydrogens is 374 g/mol. The topological polar surface area (TPSA) is 84.3 Å². The second-order valence-corrected chi connectivity index (χ2v) is 8.04. The number of nitrogens with zero attached hydrogens (tertiary/aromatic N) is 2. The van der Waals surface area contributed by atoms with Crippen molar-refractivity contribution in [3.8, 4) is 0 Å². The van der Waals surface area contributed by atoms with Gasteiger partial charge < -0.3 is 15.2 Å². The van der Waals surface area contributed by atoms with Gasteiger partial charge in [-0.05, 0) is 62.4 Å². The highest BCUT2D eigenvalue weighted by Gasteiger charge is 2.29. The average Bonchev–Trinajstić information content (AvgIpc) is 3.23. The van der Waals surface area contributed by atoms with Gasteiger partial charge >= 0.3 is 0 Å². The van der Waals surface area contributed by atoms with Gasteiger partial charge in [0.2, 0.25) is 0 Å². The Morgan fingerprint density at radius 2 is 2.00 bits per heavy atom. The van der Waals surface area contributed by atoms with Gasteiger partial charge in [0.1, 0.15) is 5.69 Å². The van der Waals surface area contributed by atoms with Crippen molar-refractivity contribution in [3.63, 3.8) is 0 Å². The predicted molar refractivity (Wildman–Crippen MR) is 119 cm³/mol. The maximum absolute atomic E-state index is 13.2. The van der Waals surface area contributed by atoms with Crippen LogP contribution in [0.2, 0.25) is 0 Å². The molecule has 2 atom stereocenters. The predicted octanol–water partition coefficient (Wildman–Crippen LogP) is 5.39. The molecule has 2 aromatic carbocycles. The standard InChI is InChI=1S/C24H29N5O/c1-2-29(24(30)23-14-18-6-3-4-9-22(18)27-23)21-8-5-7-20(15-21)26-16-17-10-12-19(28-25)13-11-17/h3-4,6,9-14,20-21,25-27H,2,5,7-8,15-16H2,1H3/t20-,21+/m1/s1. The summed E-state index contributed by atoms with van der Waals surface area (Å²) < 4.78 is 0. The molecular formula is C24H29N5O. The van der Waals surface area contributed by atoms with Crippen LogP contribution < -0.4 is 5.32 Å². The van der Waals surface area contributed by atoms with Crippen molar-refractivity contribution in [1.82, 2.24) is 15.2 Å². The van der Waals surface area contributed by atoms with Crippen LogP contribution in [0.3, 0.4) is 0 Å². The molecule has 1 aliphatic rings. The number of para-hydroxylation sites is 1. The molecule has 1 aromatic heterocycles. The van der Waals surface area contributed by atoms with Crippen LogP contribution in [-0.4, -0.2) is 34.4 Å². The largest absolute Gasteiger partial charge is 0.351 e. The van der Waals surface area contributed by atoms with Gasteiger partial charge in [0.15, 0.2) is 0 Å². The van der Waals surface area contributed by atoms with Crippen LogP contribution in [0.15, 0.2) is 59.7 Å². The molecule has 1 amide bonds. The summed E-state index contributed by atoms with van der Waals surface area (Å²) in [4.78, 5) is 18.6. The van der Waals surface area contributed by atoms with Gasteiger partial charge in [0.25, 0.3) is 5.91 Å². The lowest BCUT2D eigenvalue weighted by Crippen LogP contribution is -2.46. The van der Waals surface area contributed by atoms with E-state index in [1.165, 1.54) is 5.56 Å². The first-order valence-electron chi connectivity index (χ1n) is 10.8. The highest BCUT2D eigenvalue weighted by Crippen LogP contribution is 2.26. The molecule has 0 aliphatic heterocycles. The number of H-pyrrole nitrogens is 1. The molecule has 1 heterocycles. The monoisotopic (exact) mass is 403 g/mol. The van der Waals surface area contributed by atoms with E-state index in [1.807, 2.05) is 59.5 Å². The second-order valence-electron chi connectivity index (χ2n) is 8.04. The highest BCUT2D eigenvalue weighted by atomic mass is 16.2. The van der Waals surface area contributed by atoms with E-state index in [1.54, 1.807) is 0 Å². The van der Waals surface area contributed by atoms with Crippen LogP contribution in [0.25, 0.3) is 10.9 Å². The SMILES string of the molecule is CCN(C(=O)c1cc2ccccc2[nH]1)[C@H]1CCC[C@@H](NCc2ccc(N=N)cc2)C1.